The maximum Gasteiger partial charge on any atom is 0.408 e. The van der Waals surface area contributed by atoms with Crippen LogP contribution in [0.1, 0.15) is 58.3 Å². The van der Waals surface area contributed by atoms with Gasteiger partial charge in [0.15, 0.2) is 0 Å². The highest BCUT2D eigenvalue weighted by atomic mass is 16.6. The maximum atomic E-state index is 11.8. The molecule has 0 aliphatic heterocycles. The Hall–Kier alpha value is -1.78. The summed E-state index contributed by atoms with van der Waals surface area (Å²) >= 11 is 0. The van der Waals surface area contributed by atoms with Crippen molar-refractivity contribution < 1.29 is 9.53 Å². The number of hydrogen-bond acceptors (Lipinski definition) is 3. The van der Waals surface area contributed by atoms with Crippen LogP contribution in [0.2, 0.25) is 0 Å². The van der Waals surface area contributed by atoms with Gasteiger partial charge >= 0.3 is 6.09 Å². The third kappa shape index (κ3) is 3.62. The number of imidazole rings is 1. The smallest absolute Gasteiger partial charge is 0.408 e. The van der Waals surface area contributed by atoms with Gasteiger partial charge in [0.1, 0.15) is 5.60 Å². The van der Waals surface area contributed by atoms with Gasteiger partial charge in [-0.05, 0) is 40.5 Å². The van der Waals surface area contributed by atoms with Gasteiger partial charge in [0, 0.05) is 6.04 Å². The summed E-state index contributed by atoms with van der Waals surface area (Å²) in [7, 11) is 0. The van der Waals surface area contributed by atoms with Crippen LogP contribution in [0.15, 0.2) is 24.7 Å². The largest absolute Gasteiger partial charge is 0.444 e. The van der Waals surface area contributed by atoms with E-state index in [0.29, 0.717) is 6.04 Å². The van der Waals surface area contributed by atoms with E-state index in [1.165, 1.54) is 0 Å². The van der Waals surface area contributed by atoms with Crippen LogP contribution in [0.25, 0.3) is 0 Å². The van der Waals surface area contributed by atoms with Crippen molar-refractivity contribution in [1.29, 1.82) is 0 Å². The Morgan fingerprint density at radius 2 is 2.10 bits per heavy atom. The molecule has 0 spiro atoms. The van der Waals surface area contributed by atoms with Crippen LogP contribution in [0.5, 0.6) is 0 Å². The zero-order chi connectivity index (χ0) is 14.8. The van der Waals surface area contributed by atoms with Crippen molar-refractivity contribution in [3.8, 4) is 0 Å². The van der Waals surface area contributed by atoms with Crippen molar-refractivity contribution in [2.75, 3.05) is 0 Å². The van der Waals surface area contributed by atoms with Gasteiger partial charge in [-0.15, -0.1) is 0 Å². The third-order valence-corrected chi connectivity index (χ3v) is 3.25. The number of nitrogens with zero attached hydrogens (tertiary/aromatic N) is 2. The summed E-state index contributed by atoms with van der Waals surface area (Å²) < 4.78 is 7.42. The number of carbonyl (C=O) groups excluding carboxylic acids is 1. The number of nitrogens with one attached hydrogen (secondary N) is 1. The van der Waals surface area contributed by atoms with Gasteiger partial charge in [-0.1, -0.05) is 12.2 Å². The Kier molecular flexibility index (Phi) is 4.16. The molecule has 0 bridgehead atoms. The Balaban J connectivity index is 2.01. The lowest BCUT2D eigenvalue weighted by Crippen LogP contribution is -2.34. The molecule has 0 unspecified atom stereocenters. The van der Waals surface area contributed by atoms with Crippen molar-refractivity contribution in [3.05, 3.63) is 30.4 Å². The van der Waals surface area contributed by atoms with E-state index in [2.05, 4.69) is 27.0 Å². The van der Waals surface area contributed by atoms with Gasteiger partial charge in [0.05, 0.1) is 24.3 Å². The maximum absolute atomic E-state index is 11.8. The molecule has 0 saturated carbocycles. The van der Waals surface area contributed by atoms with Crippen LogP contribution in [-0.4, -0.2) is 21.2 Å². The fourth-order valence-electron chi connectivity index (χ4n) is 2.34. The second-order valence-corrected chi connectivity index (χ2v) is 6.19. The highest BCUT2D eigenvalue weighted by molar-refractivity contribution is 5.68. The number of alkyl carbamates (subject to hydrolysis) is 1. The van der Waals surface area contributed by atoms with Crippen molar-refractivity contribution in [1.82, 2.24) is 14.9 Å². The first-order chi connectivity index (χ1) is 9.37. The predicted octanol–water partition coefficient (Wildman–Crippen LogP) is 3.36. The zero-order valence-corrected chi connectivity index (χ0v) is 12.6. The molecule has 0 saturated heterocycles. The SMILES string of the molecule is C[C@H](NC(=O)OC(C)(C)C)c1cncn1C1CC=CC1. The summed E-state index contributed by atoms with van der Waals surface area (Å²) in [6.07, 6.45) is 9.63. The monoisotopic (exact) mass is 277 g/mol. The van der Waals surface area contributed by atoms with Gasteiger partial charge in [-0.3, -0.25) is 0 Å². The molecule has 1 amide bonds. The minimum Gasteiger partial charge on any atom is -0.444 e. The second kappa shape index (κ2) is 5.69. The topological polar surface area (TPSA) is 56.1 Å². The summed E-state index contributed by atoms with van der Waals surface area (Å²) in [4.78, 5) is 16.0. The van der Waals surface area contributed by atoms with E-state index in [9.17, 15) is 4.79 Å². The van der Waals surface area contributed by atoms with Crippen LogP contribution in [0, 0.1) is 0 Å². The molecule has 0 fully saturated rings. The first kappa shape index (κ1) is 14.6. The summed E-state index contributed by atoms with van der Waals surface area (Å²) in [6, 6.07) is 0.281. The molecule has 1 aromatic rings. The highest BCUT2D eigenvalue weighted by Crippen LogP contribution is 2.27. The normalized spacial score (nSPS) is 17.2. The van der Waals surface area contributed by atoms with Crippen LogP contribution >= 0.6 is 0 Å². The Labute approximate surface area is 120 Å². The molecule has 1 aliphatic rings. The van der Waals surface area contributed by atoms with E-state index in [4.69, 9.17) is 4.74 Å². The number of carbonyl (C=O) groups is 1. The van der Waals surface area contributed by atoms with Crippen LogP contribution in [0.4, 0.5) is 4.79 Å². The molecule has 1 atom stereocenters. The molecule has 20 heavy (non-hydrogen) atoms. The van der Waals surface area contributed by atoms with E-state index in [1.54, 1.807) is 6.20 Å². The number of aromatic nitrogens is 2. The number of hydrogen-bond donors (Lipinski definition) is 1. The minimum absolute atomic E-state index is 0.132. The lowest BCUT2D eigenvalue weighted by Gasteiger charge is -2.23. The molecule has 0 radical (unpaired) electrons. The lowest BCUT2D eigenvalue weighted by atomic mass is 10.2. The number of rotatable bonds is 3. The first-order valence-corrected chi connectivity index (χ1v) is 7.03. The van der Waals surface area contributed by atoms with Gasteiger partial charge in [-0.25, -0.2) is 9.78 Å². The van der Waals surface area contributed by atoms with Crippen molar-refractivity contribution in [2.24, 2.45) is 0 Å². The molecule has 110 valence electrons. The molecular weight excluding hydrogens is 254 g/mol. The summed E-state index contributed by atoms with van der Waals surface area (Å²) in [5, 5.41) is 2.86. The van der Waals surface area contributed by atoms with Crippen LogP contribution in [0.3, 0.4) is 0 Å². The molecular formula is C15H23N3O2. The standard InChI is InChI=1S/C15H23N3O2/c1-11(17-14(19)20-15(2,3)4)13-9-16-10-18(13)12-7-5-6-8-12/h5-6,9-12H,7-8H2,1-4H3,(H,17,19)/t11-/m0/s1. The van der Waals surface area contributed by atoms with E-state index < -0.39 is 11.7 Å². The van der Waals surface area contributed by atoms with Crippen LogP contribution < -0.4 is 5.32 Å². The molecule has 2 rings (SSSR count). The minimum atomic E-state index is -0.487. The molecule has 1 N–H and O–H groups in total. The van der Waals surface area contributed by atoms with E-state index in [0.717, 1.165) is 18.5 Å². The summed E-state index contributed by atoms with van der Waals surface area (Å²) in [6.45, 7) is 7.50. The molecule has 0 aromatic carbocycles. The van der Waals surface area contributed by atoms with E-state index >= 15 is 0 Å². The molecule has 1 aliphatic carbocycles. The van der Waals surface area contributed by atoms with Crippen molar-refractivity contribution in [3.63, 3.8) is 0 Å². The van der Waals surface area contributed by atoms with E-state index in [1.807, 2.05) is 34.0 Å². The first-order valence-electron chi connectivity index (χ1n) is 7.03. The fourth-order valence-corrected chi connectivity index (χ4v) is 2.34. The summed E-state index contributed by atoms with van der Waals surface area (Å²) in [5.74, 6) is 0. The Morgan fingerprint density at radius 1 is 1.45 bits per heavy atom. The highest BCUT2D eigenvalue weighted by Gasteiger charge is 2.22. The van der Waals surface area contributed by atoms with Crippen molar-refractivity contribution in [2.45, 2.75) is 58.2 Å². The van der Waals surface area contributed by atoms with Crippen molar-refractivity contribution >= 4 is 6.09 Å². The van der Waals surface area contributed by atoms with Gasteiger partial charge in [0.2, 0.25) is 0 Å². The Morgan fingerprint density at radius 3 is 2.70 bits per heavy atom. The average Bonchev–Trinajstić information content (AvgIpc) is 2.97. The second-order valence-electron chi connectivity index (χ2n) is 6.19. The number of amides is 1. The molecule has 1 aromatic heterocycles. The molecule has 5 heteroatoms. The number of ether oxygens (including phenoxy) is 1. The molecule has 5 nitrogen and oxygen atoms in total. The lowest BCUT2D eigenvalue weighted by molar-refractivity contribution is 0.0506. The quantitative estimate of drug-likeness (QED) is 0.862. The zero-order valence-electron chi connectivity index (χ0n) is 12.6. The van der Waals surface area contributed by atoms with Gasteiger partial charge in [0.25, 0.3) is 0 Å². The Bertz CT molecular complexity index is 491. The van der Waals surface area contributed by atoms with Crippen LogP contribution in [-0.2, 0) is 4.74 Å². The third-order valence-electron chi connectivity index (χ3n) is 3.25. The molecule has 1 heterocycles. The van der Waals surface area contributed by atoms with Gasteiger partial charge < -0.3 is 14.6 Å². The number of allylic oxidation sites excluding steroid dienone is 2. The predicted molar refractivity (Wildman–Crippen MR) is 77.4 cm³/mol. The fraction of sp³-hybridized carbons (Fsp3) is 0.600. The van der Waals surface area contributed by atoms with Gasteiger partial charge in [-0.2, -0.15) is 0 Å². The summed E-state index contributed by atoms with van der Waals surface area (Å²) in [5.41, 5.74) is 0.518. The average molecular weight is 277 g/mol. The van der Waals surface area contributed by atoms with E-state index in [-0.39, 0.29) is 6.04 Å².